The van der Waals surface area contributed by atoms with Gasteiger partial charge in [0.25, 0.3) is 0 Å². The van der Waals surface area contributed by atoms with Crippen LogP contribution >= 0.6 is 0 Å². The largest absolute Gasteiger partial charge is 0.378 e. The van der Waals surface area contributed by atoms with Gasteiger partial charge in [-0.05, 0) is 47.5 Å². The van der Waals surface area contributed by atoms with Gasteiger partial charge in [-0.3, -0.25) is 0 Å². The van der Waals surface area contributed by atoms with Gasteiger partial charge in [-0.25, -0.2) is 0 Å². The van der Waals surface area contributed by atoms with E-state index >= 15 is 0 Å². The van der Waals surface area contributed by atoms with Crippen molar-refractivity contribution < 1.29 is 0 Å². The van der Waals surface area contributed by atoms with E-state index in [0.29, 0.717) is 0 Å². The molecule has 1 heterocycles. The van der Waals surface area contributed by atoms with E-state index in [1.807, 2.05) is 0 Å². The molecule has 3 heteroatoms. The molecular weight excluding hydrogens is 294 g/mol. The van der Waals surface area contributed by atoms with E-state index in [-0.39, 0.29) is 6.04 Å². The molecule has 0 unspecified atom stereocenters. The molecular formula is C21H25N3. The highest BCUT2D eigenvalue weighted by Crippen LogP contribution is 2.29. The number of benzene rings is 2. The Morgan fingerprint density at radius 3 is 1.33 bits per heavy atom. The van der Waals surface area contributed by atoms with E-state index in [2.05, 4.69) is 116 Å². The smallest absolute Gasteiger partial charge is 0.0833 e. The van der Waals surface area contributed by atoms with Crippen LogP contribution in [0.4, 0.5) is 11.4 Å². The molecule has 0 saturated heterocycles. The molecule has 0 bridgehead atoms. The highest BCUT2D eigenvalue weighted by molar-refractivity contribution is 5.50. The molecule has 124 valence electrons. The summed E-state index contributed by atoms with van der Waals surface area (Å²) in [6.07, 6.45) is 4.26. The van der Waals surface area contributed by atoms with Gasteiger partial charge < -0.3 is 14.4 Å². The molecule has 0 aliphatic heterocycles. The molecule has 0 N–H and O–H groups in total. The fraction of sp³-hybridized carbons (Fsp3) is 0.238. The van der Waals surface area contributed by atoms with E-state index in [0.717, 1.165) is 0 Å². The molecule has 0 amide bonds. The maximum atomic E-state index is 2.26. The molecule has 2 aromatic carbocycles. The van der Waals surface area contributed by atoms with Gasteiger partial charge in [-0.15, -0.1) is 0 Å². The molecule has 0 radical (unpaired) electrons. The topological polar surface area (TPSA) is 11.4 Å². The lowest BCUT2D eigenvalue weighted by molar-refractivity contribution is 0.682. The van der Waals surface area contributed by atoms with Crippen LogP contribution in [0.2, 0.25) is 0 Å². The molecule has 0 fully saturated rings. The van der Waals surface area contributed by atoms with Gasteiger partial charge in [0.15, 0.2) is 0 Å². The van der Waals surface area contributed by atoms with Crippen LogP contribution in [0.15, 0.2) is 73.1 Å². The van der Waals surface area contributed by atoms with E-state index < -0.39 is 0 Å². The summed E-state index contributed by atoms with van der Waals surface area (Å²) >= 11 is 0. The van der Waals surface area contributed by atoms with Gasteiger partial charge in [0.2, 0.25) is 0 Å². The second-order valence-electron chi connectivity index (χ2n) is 6.50. The maximum absolute atomic E-state index is 2.26. The van der Waals surface area contributed by atoms with Crippen LogP contribution in [0.5, 0.6) is 0 Å². The summed E-state index contributed by atoms with van der Waals surface area (Å²) in [5.41, 5.74) is 5.00. The summed E-state index contributed by atoms with van der Waals surface area (Å²) in [5.74, 6) is 0. The van der Waals surface area contributed by atoms with Gasteiger partial charge in [-0.1, -0.05) is 24.3 Å². The van der Waals surface area contributed by atoms with Crippen molar-refractivity contribution in [2.24, 2.45) is 0 Å². The highest BCUT2D eigenvalue weighted by Gasteiger charge is 2.15. The van der Waals surface area contributed by atoms with E-state index in [1.165, 1.54) is 22.5 Å². The normalized spacial score (nSPS) is 10.9. The lowest BCUT2D eigenvalue weighted by Crippen LogP contribution is -2.13. The predicted molar refractivity (Wildman–Crippen MR) is 103 cm³/mol. The summed E-state index contributed by atoms with van der Waals surface area (Å²) in [6.45, 7) is 0. The number of hydrogen-bond acceptors (Lipinski definition) is 2. The van der Waals surface area contributed by atoms with Crippen LogP contribution in [0.25, 0.3) is 0 Å². The van der Waals surface area contributed by atoms with Crippen LogP contribution in [0, 0.1) is 0 Å². The minimum atomic E-state index is 0.187. The number of hydrogen-bond donors (Lipinski definition) is 0. The second-order valence-corrected chi connectivity index (χ2v) is 6.50. The van der Waals surface area contributed by atoms with Crippen LogP contribution in [-0.4, -0.2) is 32.8 Å². The van der Waals surface area contributed by atoms with E-state index in [4.69, 9.17) is 0 Å². The Morgan fingerprint density at radius 1 is 0.625 bits per heavy atom. The fourth-order valence-corrected chi connectivity index (χ4v) is 2.97. The monoisotopic (exact) mass is 319 g/mol. The molecule has 3 rings (SSSR count). The lowest BCUT2D eigenvalue weighted by Gasteiger charge is -2.22. The fourth-order valence-electron chi connectivity index (χ4n) is 2.97. The van der Waals surface area contributed by atoms with Crippen LogP contribution in [-0.2, 0) is 0 Å². The first kappa shape index (κ1) is 16.2. The van der Waals surface area contributed by atoms with Crippen LogP contribution < -0.4 is 9.80 Å². The third-order valence-electron chi connectivity index (χ3n) is 4.38. The Hall–Kier alpha value is -2.68. The summed E-state index contributed by atoms with van der Waals surface area (Å²) in [5, 5.41) is 0. The standard InChI is InChI=1S/C21H25N3/c1-22(2)19-11-7-17(8-12-19)21(24-15-5-6-16-24)18-9-13-20(14-10-18)23(3)4/h5-16,21H,1-4H3. The summed E-state index contributed by atoms with van der Waals surface area (Å²) in [4.78, 5) is 4.25. The summed E-state index contributed by atoms with van der Waals surface area (Å²) < 4.78 is 2.26. The molecule has 0 saturated carbocycles. The molecule has 0 aliphatic carbocycles. The zero-order valence-corrected chi connectivity index (χ0v) is 14.8. The van der Waals surface area contributed by atoms with Crippen molar-refractivity contribution in [3.8, 4) is 0 Å². The van der Waals surface area contributed by atoms with Gasteiger partial charge in [0.1, 0.15) is 0 Å². The first-order chi connectivity index (χ1) is 11.6. The molecule has 0 aliphatic rings. The average Bonchev–Trinajstić information content (AvgIpc) is 3.10. The Morgan fingerprint density at radius 2 is 1.00 bits per heavy atom. The third-order valence-corrected chi connectivity index (χ3v) is 4.38. The number of nitrogens with zero attached hydrogens (tertiary/aromatic N) is 3. The molecule has 3 aromatic rings. The van der Waals surface area contributed by atoms with E-state index in [1.54, 1.807) is 0 Å². The van der Waals surface area contributed by atoms with Crippen molar-refractivity contribution in [1.29, 1.82) is 0 Å². The third kappa shape index (κ3) is 3.30. The minimum absolute atomic E-state index is 0.187. The molecule has 24 heavy (non-hydrogen) atoms. The van der Waals surface area contributed by atoms with Crippen molar-refractivity contribution in [3.63, 3.8) is 0 Å². The summed E-state index contributed by atoms with van der Waals surface area (Å²) in [7, 11) is 8.27. The van der Waals surface area contributed by atoms with Crippen molar-refractivity contribution in [2.45, 2.75) is 6.04 Å². The van der Waals surface area contributed by atoms with Gasteiger partial charge in [0, 0.05) is 52.0 Å². The van der Waals surface area contributed by atoms with Gasteiger partial charge in [0.05, 0.1) is 6.04 Å². The lowest BCUT2D eigenvalue weighted by atomic mass is 9.97. The summed E-state index contributed by atoms with van der Waals surface area (Å²) in [6, 6.07) is 22.0. The Bertz CT molecular complexity index is 702. The number of anilines is 2. The van der Waals surface area contributed by atoms with Gasteiger partial charge >= 0.3 is 0 Å². The first-order valence-electron chi connectivity index (χ1n) is 8.23. The quantitative estimate of drug-likeness (QED) is 0.696. The van der Waals surface area contributed by atoms with Crippen LogP contribution in [0.3, 0.4) is 0 Å². The molecule has 1 aromatic heterocycles. The van der Waals surface area contributed by atoms with Crippen molar-refractivity contribution >= 4 is 11.4 Å². The van der Waals surface area contributed by atoms with Crippen LogP contribution in [0.1, 0.15) is 17.2 Å². The SMILES string of the molecule is CN(C)c1ccc(C(c2ccc(N(C)C)cc2)n2cccc2)cc1. The number of aromatic nitrogens is 1. The Kier molecular flexibility index (Phi) is 4.61. The highest BCUT2D eigenvalue weighted by atomic mass is 15.1. The maximum Gasteiger partial charge on any atom is 0.0833 e. The Balaban J connectivity index is 2.01. The zero-order valence-electron chi connectivity index (χ0n) is 14.8. The average molecular weight is 319 g/mol. The first-order valence-corrected chi connectivity index (χ1v) is 8.23. The second kappa shape index (κ2) is 6.83. The van der Waals surface area contributed by atoms with Crippen molar-refractivity contribution in [2.75, 3.05) is 38.0 Å². The zero-order chi connectivity index (χ0) is 17.1. The van der Waals surface area contributed by atoms with E-state index in [9.17, 15) is 0 Å². The van der Waals surface area contributed by atoms with Crippen molar-refractivity contribution in [3.05, 3.63) is 84.2 Å². The minimum Gasteiger partial charge on any atom is -0.378 e. The Labute approximate surface area is 144 Å². The van der Waals surface area contributed by atoms with Gasteiger partial charge in [-0.2, -0.15) is 0 Å². The molecule has 3 nitrogen and oxygen atoms in total. The molecule has 0 spiro atoms. The predicted octanol–water partition coefficient (Wildman–Crippen LogP) is 4.26. The number of rotatable bonds is 5. The molecule has 0 atom stereocenters. The van der Waals surface area contributed by atoms with Crippen molar-refractivity contribution in [1.82, 2.24) is 4.57 Å².